The summed E-state index contributed by atoms with van der Waals surface area (Å²) in [7, 11) is 1.52. The molecule has 1 aromatic carbocycles. The second kappa shape index (κ2) is 3.36. The van der Waals surface area contributed by atoms with Gasteiger partial charge in [-0.3, -0.25) is 0 Å². The molecule has 0 aromatic heterocycles. The molecule has 0 atom stereocenters. The fraction of sp³-hybridized carbons (Fsp3) is 0.400. The van der Waals surface area contributed by atoms with Crippen molar-refractivity contribution in [2.45, 2.75) is 6.92 Å². The standard InChI is InChI=1S/C10H11FO3/c1-6-5-7(12-2)9-10(8(6)11)14-4-3-13-9/h5H,3-4H2,1-2H3. The molecule has 0 saturated carbocycles. The summed E-state index contributed by atoms with van der Waals surface area (Å²) in [5, 5.41) is 0. The number of benzene rings is 1. The maximum atomic E-state index is 13.5. The summed E-state index contributed by atoms with van der Waals surface area (Å²) >= 11 is 0. The van der Waals surface area contributed by atoms with Crippen molar-refractivity contribution in [1.29, 1.82) is 0 Å². The predicted octanol–water partition coefficient (Wildman–Crippen LogP) is 1.91. The van der Waals surface area contributed by atoms with Crippen LogP contribution in [0.15, 0.2) is 6.07 Å². The number of ether oxygens (including phenoxy) is 3. The Kier molecular flexibility index (Phi) is 2.19. The molecule has 0 amide bonds. The highest BCUT2D eigenvalue weighted by Gasteiger charge is 2.22. The Bertz CT molecular complexity index is 363. The Morgan fingerprint density at radius 3 is 2.57 bits per heavy atom. The van der Waals surface area contributed by atoms with Crippen molar-refractivity contribution in [2.75, 3.05) is 20.3 Å². The number of halogens is 1. The molecule has 0 spiro atoms. The third-order valence-electron chi connectivity index (χ3n) is 2.12. The molecule has 4 heteroatoms. The van der Waals surface area contributed by atoms with Crippen LogP contribution in [0.2, 0.25) is 0 Å². The molecule has 1 aromatic rings. The molecular formula is C10H11FO3. The molecule has 0 bridgehead atoms. The van der Waals surface area contributed by atoms with E-state index in [2.05, 4.69) is 0 Å². The topological polar surface area (TPSA) is 27.7 Å². The number of hydrogen-bond donors (Lipinski definition) is 0. The number of methoxy groups -OCH3 is 1. The molecular weight excluding hydrogens is 187 g/mol. The smallest absolute Gasteiger partial charge is 0.206 e. The maximum Gasteiger partial charge on any atom is 0.206 e. The molecule has 0 aliphatic carbocycles. The van der Waals surface area contributed by atoms with Gasteiger partial charge in [0.15, 0.2) is 11.6 Å². The molecule has 1 heterocycles. The molecule has 76 valence electrons. The van der Waals surface area contributed by atoms with Gasteiger partial charge in [0.1, 0.15) is 13.2 Å². The SMILES string of the molecule is COc1cc(C)c(F)c2c1OCCO2. The summed E-state index contributed by atoms with van der Waals surface area (Å²) in [6.07, 6.45) is 0. The lowest BCUT2D eigenvalue weighted by Gasteiger charge is -2.21. The minimum atomic E-state index is -0.375. The summed E-state index contributed by atoms with van der Waals surface area (Å²) in [6, 6.07) is 1.60. The Balaban J connectivity index is 2.60. The molecule has 14 heavy (non-hydrogen) atoms. The van der Waals surface area contributed by atoms with Gasteiger partial charge in [0.05, 0.1) is 7.11 Å². The van der Waals surface area contributed by atoms with E-state index in [-0.39, 0.29) is 11.6 Å². The van der Waals surface area contributed by atoms with E-state index in [9.17, 15) is 4.39 Å². The second-order valence-corrected chi connectivity index (χ2v) is 3.06. The van der Waals surface area contributed by atoms with E-state index in [4.69, 9.17) is 14.2 Å². The van der Waals surface area contributed by atoms with Gasteiger partial charge in [-0.1, -0.05) is 0 Å². The number of hydrogen-bond acceptors (Lipinski definition) is 3. The van der Waals surface area contributed by atoms with Gasteiger partial charge in [-0.05, 0) is 18.6 Å². The van der Waals surface area contributed by atoms with E-state index in [1.807, 2.05) is 0 Å². The molecule has 0 unspecified atom stereocenters. The molecule has 0 radical (unpaired) electrons. The highest BCUT2D eigenvalue weighted by Crippen LogP contribution is 2.42. The molecule has 0 fully saturated rings. The van der Waals surface area contributed by atoms with Crippen molar-refractivity contribution in [3.05, 3.63) is 17.4 Å². The fourth-order valence-corrected chi connectivity index (χ4v) is 1.42. The average Bonchev–Trinajstić information content (AvgIpc) is 2.23. The van der Waals surface area contributed by atoms with Crippen molar-refractivity contribution in [3.8, 4) is 17.2 Å². The summed E-state index contributed by atoms with van der Waals surface area (Å²) in [6.45, 7) is 2.46. The van der Waals surface area contributed by atoms with E-state index in [0.29, 0.717) is 30.3 Å². The first-order valence-corrected chi connectivity index (χ1v) is 4.36. The van der Waals surface area contributed by atoms with Crippen LogP contribution in [-0.2, 0) is 0 Å². The first-order valence-electron chi connectivity index (χ1n) is 4.36. The highest BCUT2D eigenvalue weighted by atomic mass is 19.1. The number of rotatable bonds is 1. The largest absolute Gasteiger partial charge is 0.493 e. The Labute approximate surface area is 81.4 Å². The lowest BCUT2D eigenvalue weighted by atomic mass is 10.2. The van der Waals surface area contributed by atoms with Crippen molar-refractivity contribution in [1.82, 2.24) is 0 Å². The summed E-state index contributed by atoms with van der Waals surface area (Å²) in [5.41, 5.74) is 0.492. The first-order chi connectivity index (χ1) is 6.74. The Morgan fingerprint density at radius 2 is 1.93 bits per heavy atom. The minimum Gasteiger partial charge on any atom is -0.493 e. The van der Waals surface area contributed by atoms with Crippen LogP contribution in [0.4, 0.5) is 4.39 Å². The van der Waals surface area contributed by atoms with Crippen LogP contribution in [0.5, 0.6) is 17.2 Å². The summed E-state index contributed by atoms with van der Waals surface area (Å²) in [4.78, 5) is 0. The number of fused-ring (bicyclic) bond motifs is 1. The van der Waals surface area contributed by atoms with E-state index >= 15 is 0 Å². The molecule has 3 nitrogen and oxygen atoms in total. The Hall–Kier alpha value is -1.45. The zero-order valence-corrected chi connectivity index (χ0v) is 8.09. The lowest BCUT2D eigenvalue weighted by Crippen LogP contribution is -2.17. The summed E-state index contributed by atoms with van der Waals surface area (Å²) in [5.74, 6) is 0.661. The van der Waals surface area contributed by atoms with Crippen molar-refractivity contribution >= 4 is 0 Å². The van der Waals surface area contributed by atoms with Crippen LogP contribution in [0.3, 0.4) is 0 Å². The highest BCUT2D eigenvalue weighted by molar-refractivity contribution is 5.55. The van der Waals surface area contributed by atoms with Crippen LogP contribution in [-0.4, -0.2) is 20.3 Å². The number of aryl methyl sites for hydroxylation is 1. The first kappa shape index (κ1) is 9.12. The molecule has 2 rings (SSSR count). The molecule has 0 saturated heterocycles. The molecule has 0 N–H and O–H groups in total. The van der Waals surface area contributed by atoms with Crippen LogP contribution >= 0.6 is 0 Å². The zero-order chi connectivity index (χ0) is 10.1. The van der Waals surface area contributed by atoms with E-state index in [0.717, 1.165) is 0 Å². The zero-order valence-electron chi connectivity index (χ0n) is 8.09. The van der Waals surface area contributed by atoms with Crippen LogP contribution in [0.1, 0.15) is 5.56 Å². The quantitative estimate of drug-likeness (QED) is 0.689. The van der Waals surface area contributed by atoms with E-state index in [1.54, 1.807) is 13.0 Å². The van der Waals surface area contributed by atoms with Gasteiger partial charge >= 0.3 is 0 Å². The van der Waals surface area contributed by atoms with Crippen LogP contribution < -0.4 is 14.2 Å². The molecule has 1 aliphatic rings. The average molecular weight is 198 g/mol. The van der Waals surface area contributed by atoms with Gasteiger partial charge in [-0.15, -0.1) is 0 Å². The normalized spacial score (nSPS) is 13.9. The van der Waals surface area contributed by atoms with Crippen molar-refractivity contribution in [2.24, 2.45) is 0 Å². The van der Waals surface area contributed by atoms with Gasteiger partial charge in [0.25, 0.3) is 0 Å². The summed E-state index contributed by atoms with van der Waals surface area (Å²) < 4.78 is 29.1. The van der Waals surface area contributed by atoms with Crippen molar-refractivity contribution in [3.63, 3.8) is 0 Å². The fourth-order valence-electron chi connectivity index (χ4n) is 1.42. The maximum absolute atomic E-state index is 13.5. The monoisotopic (exact) mass is 198 g/mol. The van der Waals surface area contributed by atoms with Gasteiger partial charge in [0.2, 0.25) is 11.5 Å². The van der Waals surface area contributed by atoms with Crippen LogP contribution in [0, 0.1) is 12.7 Å². The van der Waals surface area contributed by atoms with Gasteiger partial charge in [-0.2, -0.15) is 0 Å². The van der Waals surface area contributed by atoms with Gasteiger partial charge < -0.3 is 14.2 Å². The third-order valence-corrected chi connectivity index (χ3v) is 2.12. The van der Waals surface area contributed by atoms with Crippen LogP contribution in [0.25, 0.3) is 0 Å². The molecule has 1 aliphatic heterocycles. The van der Waals surface area contributed by atoms with E-state index in [1.165, 1.54) is 7.11 Å². The predicted molar refractivity (Wildman–Crippen MR) is 48.7 cm³/mol. The lowest BCUT2D eigenvalue weighted by molar-refractivity contribution is 0.157. The van der Waals surface area contributed by atoms with Crippen molar-refractivity contribution < 1.29 is 18.6 Å². The van der Waals surface area contributed by atoms with Gasteiger partial charge in [-0.25, -0.2) is 4.39 Å². The Morgan fingerprint density at radius 1 is 1.29 bits per heavy atom. The second-order valence-electron chi connectivity index (χ2n) is 3.06. The third kappa shape index (κ3) is 1.27. The van der Waals surface area contributed by atoms with E-state index < -0.39 is 0 Å². The van der Waals surface area contributed by atoms with Gasteiger partial charge in [0, 0.05) is 0 Å². The minimum absolute atomic E-state index is 0.160.